The van der Waals surface area contributed by atoms with E-state index in [1.807, 2.05) is 13.8 Å². The van der Waals surface area contributed by atoms with Gasteiger partial charge >= 0.3 is 18.4 Å². The monoisotopic (exact) mass is 321 g/mol. The van der Waals surface area contributed by atoms with Crippen molar-refractivity contribution < 1.29 is 35.9 Å². The fourth-order valence-electron chi connectivity index (χ4n) is 2.26. The van der Waals surface area contributed by atoms with Gasteiger partial charge < -0.3 is 10.1 Å². The minimum atomic E-state index is -5.62. The van der Waals surface area contributed by atoms with Gasteiger partial charge in [0.2, 0.25) is 6.04 Å². The Morgan fingerprint density at radius 2 is 1.57 bits per heavy atom. The van der Waals surface area contributed by atoms with Crippen molar-refractivity contribution in [3.8, 4) is 0 Å². The first-order valence-corrected chi connectivity index (χ1v) is 6.51. The van der Waals surface area contributed by atoms with Crippen molar-refractivity contribution >= 4 is 6.09 Å². The molecule has 1 rings (SSSR count). The minimum absolute atomic E-state index is 0.192. The van der Waals surface area contributed by atoms with Crippen LogP contribution in [0.2, 0.25) is 0 Å². The molecule has 3 nitrogen and oxygen atoms in total. The summed E-state index contributed by atoms with van der Waals surface area (Å²) in [5.74, 6) is 0.573. The molecule has 0 aromatic carbocycles. The standard InChI is InChI=1S/C12H17F6NO2/c1-6-3-4-8(5-7(6)2)21-10(20)19-9(11(13,14)15)12(16,17)18/h6-9H,3-5H2,1-2H3,(H,19,20)/t6-,7+,8-/m1/s1. The molecule has 0 unspecified atom stereocenters. The zero-order chi connectivity index (χ0) is 16.4. The first-order valence-electron chi connectivity index (χ1n) is 6.51. The zero-order valence-corrected chi connectivity index (χ0v) is 11.5. The Bertz CT molecular complexity index is 354. The molecule has 0 saturated heterocycles. The molecule has 0 spiro atoms. The van der Waals surface area contributed by atoms with Gasteiger partial charge in [0.25, 0.3) is 0 Å². The average molecular weight is 321 g/mol. The summed E-state index contributed by atoms with van der Waals surface area (Å²) in [6.07, 6.45) is -12.0. The summed E-state index contributed by atoms with van der Waals surface area (Å²) in [5, 5.41) is 0.859. The van der Waals surface area contributed by atoms with E-state index in [0.29, 0.717) is 25.2 Å². The fraction of sp³-hybridized carbons (Fsp3) is 0.917. The highest BCUT2D eigenvalue weighted by Gasteiger charge is 2.58. The fourth-order valence-corrected chi connectivity index (χ4v) is 2.26. The van der Waals surface area contributed by atoms with Gasteiger partial charge in [-0.3, -0.25) is 0 Å². The van der Waals surface area contributed by atoms with Crippen molar-refractivity contribution in [2.45, 2.75) is 57.6 Å². The summed E-state index contributed by atoms with van der Waals surface area (Å²) < 4.78 is 78.3. The van der Waals surface area contributed by atoms with E-state index in [4.69, 9.17) is 0 Å². The molecule has 0 bridgehead atoms. The number of hydrogen-bond acceptors (Lipinski definition) is 2. The smallest absolute Gasteiger partial charge is 0.417 e. The van der Waals surface area contributed by atoms with E-state index >= 15 is 0 Å². The third-order valence-corrected chi connectivity index (χ3v) is 3.74. The lowest BCUT2D eigenvalue weighted by Crippen LogP contribution is -2.55. The van der Waals surface area contributed by atoms with Crippen molar-refractivity contribution in [3.05, 3.63) is 0 Å². The third kappa shape index (κ3) is 5.28. The van der Waals surface area contributed by atoms with Crippen LogP contribution in [0.1, 0.15) is 33.1 Å². The zero-order valence-electron chi connectivity index (χ0n) is 11.5. The predicted octanol–water partition coefficient (Wildman–Crippen LogP) is 4.03. The van der Waals surface area contributed by atoms with Crippen LogP contribution in [-0.4, -0.2) is 30.6 Å². The van der Waals surface area contributed by atoms with Crippen molar-refractivity contribution in [1.82, 2.24) is 5.32 Å². The maximum absolute atomic E-state index is 12.3. The van der Waals surface area contributed by atoms with Crippen LogP contribution in [-0.2, 0) is 4.74 Å². The second-order valence-corrected chi connectivity index (χ2v) is 5.46. The molecule has 0 aromatic rings. The summed E-state index contributed by atoms with van der Waals surface area (Å²) >= 11 is 0. The van der Waals surface area contributed by atoms with Crippen LogP contribution >= 0.6 is 0 Å². The number of alkyl carbamates (subject to hydrolysis) is 1. The number of rotatable bonds is 2. The molecule has 1 fully saturated rings. The van der Waals surface area contributed by atoms with Crippen molar-refractivity contribution in [1.29, 1.82) is 0 Å². The van der Waals surface area contributed by atoms with Gasteiger partial charge in [0.05, 0.1) is 0 Å². The number of hydrogen-bond donors (Lipinski definition) is 1. The maximum atomic E-state index is 12.3. The van der Waals surface area contributed by atoms with Crippen molar-refractivity contribution in [2.24, 2.45) is 11.8 Å². The van der Waals surface area contributed by atoms with Crippen molar-refractivity contribution in [2.75, 3.05) is 0 Å². The first-order chi connectivity index (χ1) is 9.41. The molecular weight excluding hydrogens is 304 g/mol. The second kappa shape index (κ2) is 6.31. The van der Waals surface area contributed by atoms with Gasteiger partial charge in [-0.2, -0.15) is 26.3 Å². The maximum Gasteiger partial charge on any atom is 0.417 e. The highest BCUT2D eigenvalue weighted by molar-refractivity contribution is 5.68. The number of ether oxygens (including phenoxy) is 1. The Balaban J connectivity index is 2.59. The lowest BCUT2D eigenvalue weighted by molar-refractivity contribution is -0.256. The highest BCUT2D eigenvalue weighted by Crippen LogP contribution is 2.34. The summed E-state index contributed by atoms with van der Waals surface area (Å²) in [6.45, 7) is 3.89. The number of amides is 1. The number of halogens is 6. The van der Waals surface area contributed by atoms with Gasteiger partial charge in [-0.05, 0) is 31.1 Å². The number of nitrogens with one attached hydrogen (secondary N) is 1. The quantitative estimate of drug-likeness (QED) is 0.780. The van der Waals surface area contributed by atoms with Crippen molar-refractivity contribution in [3.63, 3.8) is 0 Å². The summed E-state index contributed by atoms with van der Waals surface area (Å²) in [6, 6.07) is -3.92. The molecule has 0 heterocycles. The van der Waals surface area contributed by atoms with Gasteiger partial charge in [-0.1, -0.05) is 13.8 Å². The molecule has 21 heavy (non-hydrogen) atoms. The Morgan fingerprint density at radius 3 is 2.00 bits per heavy atom. The number of carbonyl (C=O) groups excluding carboxylic acids is 1. The van der Waals surface area contributed by atoms with Gasteiger partial charge in [0.1, 0.15) is 6.10 Å². The second-order valence-electron chi connectivity index (χ2n) is 5.46. The van der Waals surface area contributed by atoms with Crippen LogP contribution in [0.25, 0.3) is 0 Å². The largest absolute Gasteiger partial charge is 0.446 e. The lowest BCUT2D eigenvalue weighted by Gasteiger charge is -2.32. The summed E-state index contributed by atoms with van der Waals surface area (Å²) in [7, 11) is 0. The van der Waals surface area contributed by atoms with Gasteiger partial charge in [-0.25, -0.2) is 4.79 Å². The van der Waals surface area contributed by atoms with Gasteiger partial charge in [0, 0.05) is 0 Å². The van der Waals surface area contributed by atoms with E-state index < -0.39 is 30.6 Å². The first kappa shape index (κ1) is 17.9. The molecular formula is C12H17F6NO2. The summed E-state index contributed by atoms with van der Waals surface area (Å²) in [5.41, 5.74) is 0. The van der Waals surface area contributed by atoms with E-state index in [9.17, 15) is 31.1 Å². The van der Waals surface area contributed by atoms with E-state index in [1.165, 1.54) is 0 Å². The van der Waals surface area contributed by atoms with E-state index in [-0.39, 0.29) is 5.92 Å². The van der Waals surface area contributed by atoms with Crippen LogP contribution in [0.3, 0.4) is 0 Å². The molecule has 1 aliphatic carbocycles. The Labute approximate surface area is 118 Å². The van der Waals surface area contributed by atoms with E-state index in [1.54, 1.807) is 0 Å². The number of carbonyl (C=O) groups is 1. The summed E-state index contributed by atoms with van der Waals surface area (Å²) in [4.78, 5) is 11.3. The van der Waals surface area contributed by atoms with Crippen LogP contribution in [0, 0.1) is 11.8 Å². The van der Waals surface area contributed by atoms with E-state index in [0.717, 1.165) is 5.32 Å². The molecule has 1 saturated carbocycles. The van der Waals surface area contributed by atoms with Crippen LogP contribution in [0.5, 0.6) is 0 Å². The van der Waals surface area contributed by atoms with Gasteiger partial charge in [0.15, 0.2) is 0 Å². The molecule has 1 amide bonds. The van der Waals surface area contributed by atoms with Crippen LogP contribution in [0.15, 0.2) is 0 Å². The molecule has 1 aliphatic rings. The highest BCUT2D eigenvalue weighted by atomic mass is 19.4. The van der Waals surface area contributed by atoms with Crippen LogP contribution in [0.4, 0.5) is 31.1 Å². The third-order valence-electron chi connectivity index (χ3n) is 3.74. The normalized spacial score (nSPS) is 27.6. The molecule has 0 aromatic heterocycles. The lowest BCUT2D eigenvalue weighted by atomic mass is 9.80. The topological polar surface area (TPSA) is 38.3 Å². The predicted molar refractivity (Wildman–Crippen MR) is 61.5 cm³/mol. The molecule has 9 heteroatoms. The molecule has 0 radical (unpaired) electrons. The Kier molecular flexibility index (Phi) is 5.38. The SMILES string of the molecule is C[C@@H]1CC[C@@H](OC(=O)NC(C(F)(F)F)C(F)(F)F)C[C@@H]1C. The van der Waals surface area contributed by atoms with E-state index in [2.05, 4.69) is 4.74 Å². The van der Waals surface area contributed by atoms with Gasteiger partial charge in [-0.15, -0.1) is 0 Å². The average Bonchev–Trinajstić information content (AvgIpc) is 2.28. The van der Waals surface area contributed by atoms with Crippen LogP contribution < -0.4 is 5.32 Å². The Hall–Kier alpha value is -1.15. The molecule has 3 atom stereocenters. The molecule has 1 N–H and O–H groups in total. The number of alkyl halides is 6. The molecule has 124 valence electrons. The Morgan fingerprint density at radius 1 is 1.05 bits per heavy atom. The molecule has 0 aliphatic heterocycles. The minimum Gasteiger partial charge on any atom is -0.446 e.